The number of carbonyl (C=O) groups excluding carboxylic acids is 1. The summed E-state index contributed by atoms with van der Waals surface area (Å²) in [5, 5.41) is -0.0491. The molecule has 0 bridgehead atoms. The quantitative estimate of drug-likeness (QED) is 0.652. The standard InChI is InChI=1S/C16H14Cl3NO5S/c1-20(9-4-5-11(17)10(8-9)16(21)25-3)26(22,23)13-7-6-12(24-2)14(18)15(13)19/h4-8H,1-3H3. The summed E-state index contributed by atoms with van der Waals surface area (Å²) >= 11 is 18.1. The number of sulfonamides is 1. The summed E-state index contributed by atoms with van der Waals surface area (Å²) in [6.07, 6.45) is 0. The topological polar surface area (TPSA) is 72.9 Å². The largest absolute Gasteiger partial charge is 0.495 e. The first-order chi connectivity index (χ1) is 12.1. The van der Waals surface area contributed by atoms with E-state index in [1.54, 1.807) is 0 Å². The van der Waals surface area contributed by atoms with E-state index in [4.69, 9.17) is 39.5 Å². The Morgan fingerprint density at radius 3 is 2.27 bits per heavy atom. The van der Waals surface area contributed by atoms with Crippen molar-refractivity contribution in [1.82, 2.24) is 0 Å². The molecule has 0 radical (unpaired) electrons. The molecular weight excluding hydrogens is 425 g/mol. The first-order valence-electron chi connectivity index (χ1n) is 7.04. The van der Waals surface area contributed by atoms with Crippen LogP contribution in [0.5, 0.6) is 5.75 Å². The van der Waals surface area contributed by atoms with Crippen molar-refractivity contribution in [2.75, 3.05) is 25.6 Å². The highest BCUT2D eigenvalue weighted by Crippen LogP contribution is 2.38. The second-order valence-electron chi connectivity index (χ2n) is 5.02. The number of halogens is 3. The Morgan fingerprint density at radius 2 is 1.69 bits per heavy atom. The Labute approximate surface area is 166 Å². The molecule has 0 aliphatic rings. The Bertz CT molecular complexity index is 963. The molecule has 0 N–H and O–H groups in total. The van der Waals surface area contributed by atoms with E-state index in [-0.39, 0.29) is 37.0 Å². The van der Waals surface area contributed by atoms with E-state index in [0.29, 0.717) is 0 Å². The number of rotatable bonds is 5. The highest BCUT2D eigenvalue weighted by Gasteiger charge is 2.27. The fourth-order valence-electron chi connectivity index (χ4n) is 2.13. The number of ether oxygens (including phenoxy) is 2. The molecule has 0 amide bonds. The minimum atomic E-state index is -4.07. The molecule has 2 aromatic rings. The van der Waals surface area contributed by atoms with E-state index in [1.807, 2.05) is 0 Å². The fourth-order valence-corrected chi connectivity index (χ4v) is 4.33. The number of carbonyl (C=O) groups is 1. The number of benzene rings is 2. The molecule has 6 nitrogen and oxygen atoms in total. The van der Waals surface area contributed by atoms with Crippen molar-refractivity contribution in [3.8, 4) is 5.75 Å². The summed E-state index contributed by atoms with van der Waals surface area (Å²) < 4.78 is 36.5. The van der Waals surface area contributed by atoms with Gasteiger partial charge in [0.2, 0.25) is 0 Å². The molecule has 10 heteroatoms. The highest BCUT2D eigenvalue weighted by molar-refractivity contribution is 7.93. The minimum absolute atomic E-state index is 0.0185. The van der Waals surface area contributed by atoms with Crippen LogP contribution in [0.25, 0.3) is 0 Å². The zero-order valence-corrected chi connectivity index (χ0v) is 17.0. The maximum Gasteiger partial charge on any atom is 0.339 e. The van der Waals surface area contributed by atoms with Gasteiger partial charge in [-0.2, -0.15) is 0 Å². The van der Waals surface area contributed by atoms with Crippen LogP contribution < -0.4 is 9.04 Å². The molecule has 2 aromatic carbocycles. The first kappa shape index (κ1) is 20.6. The third kappa shape index (κ3) is 3.71. The normalized spacial score (nSPS) is 11.2. The van der Waals surface area contributed by atoms with Crippen LogP contribution in [0, 0.1) is 0 Å². The Morgan fingerprint density at radius 1 is 1.04 bits per heavy atom. The second kappa shape index (κ2) is 7.92. The molecule has 2 rings (SSSR count). The third-order valence-electron chi connectivity index (χ3n) is 3.59. The van der Waals surface area contributed by atoms with Gasteiger partial charge >= 0.3 is 5.97 Å². The van der Waals surface area contributed by atoms with Gasteiger partial charge in [0.1, 0.15) is 15.7 Å². The number of anilines is 1. The Balaban J connectivity index is 2.54. The van der Waals surface area contributed by atoms with Gasteiger partial charge < -0.3 is 9.47 Å². The van der Waals surface area contributed by atoms with Crippen LogP contribution in [-0.2, 0) is 14.8 Å². The number of nitrogens with zero attached hydrogens (tertiary/aromatic N) is 1. The number of methoxy groups -OCH3 is 2. The maximum absolute atomic E-state index is 12.9. The fraction of sp³-hybridized carbons (Fsp3) is 0.188. The van der Waals surface area contributed by atoms with Crippen molar-refractivity contribution in [2.24, 2.45) is 0 Å². The van der Waals surface area contributed by atoms with E-state index in [1.165, 1.54) is 51.6 Å². The number of hydrogen-bond acceptors (Lipinski definition) is 5. The van der Waals surface area contributed by atoms with Crippen LogP contribution >= 0.6 is 34.8 Å². The molecule has 0 aromatic heterocycles. The average Bonchev–Trinajstić information content (AvgIpc) is 2.62. The van der Waals surface area contributed by atoms with E-state index in [9.17, 15) is 13.2 Å². The van der Waals surface area contributed by atoms with Gasteiger partial charge in [-0.25, -0.2) is 13.2 Å². The van der Waals surface area contributed by atoms with Gasteiger partial charge in [0.15, 0.2) is 0 Å². The zero-order chi connectivity index (χ0) is 19.6. The lowest BCUT2D eigenvalue weighted by molar-refractivity contribution is 0.0601. The summed E-state index contributed by atoms with van der Waals surface area (Å²) in [6, 6.07) is 6.85. The first-order valence-corrected chi connectivity index (χ1v) is 9.61. The van der Waals surface area contributed by atoms with Gasteiger partial charge in [-0.05, 0) is 30.3 Å². The second-order valence-corrected chi connectivity index (χ2v) is 8.12. The van der Waals surface area contributed by atoms with Gasteiger partial charge in [-0.1, -0.05) is 34.8 Å². The SMILES string of the molecule is COC(=O)c1cc(N(C)S(=O)(=O)c2ccc(OC)c(Cl)c2Cl)ccc1Cl. The molecule has 0 heterocycles. The Hall–Kier alpha value is -1.67. The van der Waals surface area contributed by atoms with Crippen LogP contribution in [0.4, 0.5) is 5.69 Å². The van der Waals surface area contributed by atoms with E-state index < -0.39 is 16.0 Å². The summed E-state index contributed by atoms with van der Waals surface area (Å²) in [5.41, 5.74) is 0.227. The molecule has 0 saturated heterocycles. The monoisotopic (exact) mass is 437 g/mol. The molecule has 0 aliphatic carbocycles. The Kier molecular flexibility index (Phi) is 6.29. The lowest BCUT2D eigenvalue weighted by atomic mass is 10.2. The summed E-state index contributed by atoms with van der Waals surface area (Å²) in [4.78, 5) is 11.6. The van der Waals surface area contributed by atoms with Gasteiger partial charge in [0.05, 0.1) is 35.5 Å². The molecule has 140 valence electrons. The van der Waals surface area contributed by atoms with E-state index >= 15 is 0 Å². The molecule has 0 atom stereocenters. The maximum atomic E-state index is 12.9. The minimum Gasteiger partial charge on any atom is -0.495 e. The van der Waals surface area contributed by atoms with Crippen molar-refractivity contribution in [1.29, 1.82) is 0 Å². The third-order valence-corrected chi connectivity index (χ3v) is 6.72. The average molecular weight is 439 g/mol. The van der Waals surface area contributed by atoms with Crippen LogP contribution in [0.1, 0.15) is 10.4 Å². The molecule has 26 heavy (non-hydrogen) atoms. The highest BCUT2D eigenvalue weighted by atomic mass is 35.5. The van der Waals surface area contributed by atoms with Crippen LogP contribution in [0.3, 0.4) is 0 Å². The lowest BCUT2D eigenvalue weighted by Gasteiger charge is -2.21. The van der Waals surface area contributed by atoms with Gasteiger partial charge in [0, 0.05) is 7.05 Å². The molecule has 0 spiro atoms. The van der Waals surface area contributed by atoms with Gasteiger partial charge in [0.25, 0.3) is 10.0 Å². The predicted molar refractivity (Wildman–Crippen MR) is 101 cm³/mol. The summed E-state index contributed by atoms with van der Waals surface area (Å²) in [5.74, 6) is -0.439. The van der Waals surface area contributed by atoms with Crippen LogP contribution in [0.2, 0.25) is 15.1 Å². The zero-order valence-electron chi connectivity index (χ0n) is 13.9. The number of esters is 1. The predicted octanol–water partition coefficient (Wildman–Crippen LogP) is 4.27. The lowest BCUT2D eigenvalue weighted by Crippen LogP contribution is -2.27. The van der Waals surface area contributed by atoms with Crippen molar-refractivity contribution in [3.05, 3.63) is 51.0 Å². The van der Waals surface area contributed by atoms with Crippen LogP contribution in [-0.4, -0.2) is 35.7 Å². The smallest absolute Gasteiger partial charge is 0.339 e. The van der Waals surface area contributed by atoms with Crippen molar-refractivity contribution in [3.63, 3.8) is 0 Å². The van der Waals surface area contributed by atoms with E-state index in [0.717, 1.165) is 4.31 Å². The summed E-state index contributed by atoms with van der Waals surface area (Å²) in [6.45, 7) is 0. The summed E-state index contributed by atoms with van der Waals surface area (Å²) in [7, 11) is -0.164. The van der Waals surface area contributed by atoms with E-state index in [2.05, 4.69) is 4.74 Å². The van der Waals surface area contributed by atoms with Crippen molar-refractivity contribution >= 4 is 56.5 Å². The van der Waals surface area contributed by atoms with Crippen LogP contribution in [0.15, 0.2) is 35.2 Å². The van der Waals surface area contributed by atoms with Crippen molar-refractivity contribution < 1.29 is 22.7 Å². The molecule has 0 saturated carbocycles. The molecular formula is C16H14Cl3NO5S. The molecule has 0 aliphatic heterocycles. The van der Waals surface area contributed by atoms with Gasteiger partial charge in [-0.15, -0.1) is 0 Å². The molecule has 0 fully saturated rings. The number of hydrogen-bond donors (Lipinski definition) is 0. The van der Waals surface area contributed by atoms with Crippen molar-refractivity contribution in [2.45, 2.75) is 4.90 Å². The van der Waals surface area contributed by atoms with Gasteiger partial charge in [-0.3, -0.25) is 4.31 Å². The molecule has 0 unspecified atom stereocenters.